The molecule has 4 aliphatic carbocycles. The number of likely N-dealkylation sites (N-methyl/N-ethyl adjacent to an activating group) is 1. The Labute approximate surface area is 225 Å². The van der Waals surface area contributed by atoms with Crippen molar-refractivity contribution in [3.63, 3.8) is 0 Å². The molecule has 0 spiro atoms. The Morgan fingerprint density at radius 2 is 1.73 bits per heavy atom. The van der Waals surface area contributed by atoms with Gasteiger partial charge in [0.2, 0.25) is 0 Å². The topological polar surface area (TPSA) is 59.0 Å². The lowest BCUT2D eigenvalue weighted by atomic mass is 9.44. The Kier molecular flexibility index (Phi) is 6.99. The van der Waals surface area contributed by atoms with E-state index in [-0.39, 0.29) is 29.0 Å². The highest BCUT2D eigenvalue weighted by Gasteiger charge is 2.66. The molecular formula is C31H53N2O4+. The number of morpholine rings is 1. The summed E-state index contributed by atoms with van der Waals surface area (Å²) in [5.41, 5.74) is 0.364. The molecule has 2 aliphatic heterocycles. The number of carbonyl (C=O) groups is 1. The maximum absolute atomic E-state index is 12.1. The maximum atomic E-state index is 12.1. The van der Waals surface area contributed by atoms with E-state index in [9.17, 15) is 9.90 Å². The average molecular weight is 518 g/mol. The van der Waals surface area contributed by atoms with Crippen LogP contribution in [0.4, 0.5) is 0 Å². The van der Waals surface area contributed by atoms with E-state index in [2.05, 4.69) is 25.8 Å². The lowest BCUT2D eigenvalue weighted by molar-refractivity contribution is -0.940. The summed E-state index contributed by atoms with van der Waals surface area (Å²) in [6.45, 7) is 12.6. The molecule has 37 heavy (non-hydrogen) atoms. The lowest BCUT2D eigenvalue weighted by Gasteiger charge is -2.62. The molecule has 2 saturated heterocycles. The number of fused-ring (bicyclic) bond motifs is 5. The molecule has 0 radical (unpaired) electrons. The fourth-order valence-corrected chi connectivity index (χ4v) is 11.0. The van der Waals surface area contributed by atoms with Crippen molar-refractivity contribution >= 4 is 5.97 Å². The van der Waals surface area contributed by atoms with E-state index in [1.54, 1.807) is 6.92 Å². The summed E-state index contributed by atoms with van der Waals surface area (Å²) < 4.78 is 12.8. The van der Waals surface area contributed by atoms with Crippen molar-refractivity contribution in [3.05, 3.63) is 0 Å². The number of rotatable bonds is 3. The monoisotopic (exact) mass is 517 g/mol. The number of piperidine rings is 1. The van der Waals surface area contributed by atoms with Crippen molar-refractivity contribution in [1.82, 2.24) is 4.90 Å². The first kappa shape index (κ1) is 26.5. The maximum Gasteiger partial charge on any atom is 0.302 e. The smallest absolute Gasteiger partial charge is 0.302 e. The summed E-state index contributed by atoms with van der Waals surface area (Å²) in [5, 5.41) is 11.9. The molecule has 1 N–H and O–H groups in total. The van der Waals surface area contributed by atoms with Crippen molar-refractivity contribution in [2.75, 3.05) is 46.4 Å². The number of likely N-dealkylation sites (tertiary alicyclic amines) is 1. The van der Waals surface area contributed by atoms with E-state index >= 15 is 0 Å². The first-order chi connectivity index (χ1) is 17.7. The number of quaternary nitrogens is 1. The fraction of sp³-hybridized carbons (Fsp3) is 0.968. The van der Waals surface area contributed by atoms with Crippen LogP contribution in [0.5, 0.6) is 0 Å². The summed E-state index contributed by atoms with van der Waals surface area (Å²) >= 11 is 0. The van der Waals surface area contributed by atoms with Gasteiger partial charge in [0.25, 0.3) is 0 Å². The molecule has 2 heterocycles. The van der Waals surface area contributed by atoms with Gasteiger partial charge in [0.15, 0.2) is 0 Å². The van der Waals surface area contributed by atoms with E-state index in [0.717, 1.165) is 55.5 Å². The lowest BCUT2D eigenvalue weighted by Crippen LogP contribution is -2.61. The van der Waals surface area contributed by atoms with Crippen LogP contribution in [0.3, 0.4) is 0 Å². The number of carbonyl (C=O) groups excluding carboxylic acids is 1. The Morgan fingerprint density at radius 3 is 2.43 bits per heavy atom. The summed E-state index contributed by atoms with van der Waals surface area (Å²) in [6, 6.07) is 0.723. The van der Waals surface area contributed by atoms with Gasteiger partial charge < -0.3 is 19.1 Å². The third kappa shape index (κ3) is 4.31. The van der Waals surface area contributed by atoms with Gasteiger partial charge in [0.1, 0.15) is 18.2 Å². The zero-order valence-corrected chi connectivity index (χ0v) is 24.0. The molecule has 10 atom stereocenters. The van der Waals surface area contributed by atoms with E-state index in [0.29, 0.717) is 23.9 Å². The second-order valence-electron chi connectivity index (χ2n) is 14.7. The Hall–Kier alpha value is -0.690. The van der Waals surface area contributed by atoms with Crippen LogP contribution in [0, 0.1) is 34.5 Å². The molecule has 0 aromatic heterocycles. The van der Waals surface area contributed by atoms with E-state index < -0.39 is 0 Å². The van der Waals surface area contributed by atoms with Gasteiger partial charge in [0, 0.05) is 37.9 Å². The number of aliphatic hydroxyl groups is 1. The van der Waals surface area contributed by atoms with Crippen molar-refractivity contribution in [3.8, 4) is 0 Å². The van der Waals surface area contributed by atoms with Crippen LogP contribution in [-0.2, 0) is 14.3 Å². The fourth-order valence-electron chi connectivity index (χ4n) is 11.0. The standard InChI is InChI=1S/C31H53N2O4/c1-21(34)37-28-18-22-8-9-23-24(31(22,3)20-26(28)32-12-16-36-17-13-32)10-11-30(2)25(23)19-27(29(30)35)33(4)14-6-5-7-15-33/h22-29,35H,5-20H2,1-4H3/q+1/t22-,23+,24-,25-,26-,27-,28-,29-,30-,31-/m0/s1. The van der Waals surface area contributed by atoms with Gasteiger partial charge in [0.05, 0.1) is 33.4 Å². The Balaban J connectivity index is 1.26. The second-order valence-corrected chi connectivity index (χ2v) is 14.7. The number of hydrogen-bond acceptors (Lipinski definition) is 5. The highest BCUT2D eigenvalue weighted by atomic mass is 16.5. The van der Waals surface area contributed by atoms with Crippen LogP contribution in [0.1, 0.15) is 85.0 Å². The molecule has 6 fully saturated rings. The Morgan fingerprint density at radius 1 is 1.00 bits per heavy atom. The van der Waals surface area contributed by atoms with Crippen LogP contribution in [-0.4, -0.2) is 91.2 Å². The molecule has 210 valence electrons. The number of nitrogens with zero attached hydrogens (tertiary/aromatic N) is 2. The molecular weight excluding hydrogens is 464 g/mol. The van der Waals surface area contributed by atoms with Gasteiger partial charge in [-0.05, 0) is 86.9 Å². The van der Waals surface area contributed by atoms with Gasteiger partial charge in [-0.2, -0.15) is 0 Å². The zero-order valence-electron chi connectivity index (χ0n) is 24.0. The minimum absolute atomic E-state index is 0.0142. The summed E-state index contributed by atoms with van der Waals surface area (Å²) in [5.74, 6) is 2.60. The minimum Gasteiger partial charge on any atom is -0.461 e. The normalized spacial score (nSPS) is 50.0. The van der Waals surface area contributed by atoms with Crippen molar-refractivity contribution in [2.24, 2.45) is 34.5 Å². The van der Waals surface area contributed by atoms with Crippen molar-refractivity contribution < 1.29 is 23.9 Å². The summed E-state index contributed by atoms with van der Waals surface area (Å²) in [6.07, 6.45) is 12.2. The third-order valence-corrected chi connectivity index (χ3v) is 13.1. The van der Waals surface area contributed by atoms with Crippen LogP contribution >= 0.6 is 0 Å². The number of esters is 1. The predicted octanol–water partition coefficient (Wildman–Crippen LogP) is 4.24. The summed E-state index contributed by atoms with van der Waals surface area (Å²) in [4.78, 5) is 14.7. The van der Waals surface area contributed by atoms with Crippen molar-refractivity contribution in [1.29, 1.82) is 0 Å². The number of ether oxygens (including phenoxy) is 2. The predicted molar refractivity (Wildman–Crippen MR) is 144 cm³/mol. The van der Waals surface area contributed by atoms with Crippen molar-refractivity contribution in [2.45, 2.75) is 109 Å². The molecule has 0 amide bonds. The van der Waals surface area contributed by atoms with E-state index in [1.165, 1.54) is 64.5 Å². The van der Waals surface area contributed by atoms with Crippen LogP contribution < -0.4 is 0 Å². The molecule has 4 saturated carbocycles. The van der Waals surface area contributed by atoms with E-state index in [4.69, 9.17) is 9.47 Å². The van der Waals surface area contributed by atoms with Crippen LogP contribution in [0.25, 0.3) is 0 Å². The highest BCUT2D eigenvalue weighted by molar-refractivity contribution is 5.66. The third-order valence-electron chi connectivity index (χ3n) is 13.1. The molecule has 6 rings (SSSR count). The summed E-state index contributed by atoms with van der Waals surface area (Å²) in [7, 11) is 2.45. The van der Waals surface area contributed by atoms with Gasteiger partial charge in [-0.25, -0.2) is 0 Å². The van der Waals surface area contributed by atoms with E-state index in [1.807, 2.05) is 0 Å². The highest BCUT2D eigenvalue weighted by Crippen LogP contribution is 2.67. The molecule has 0 aromatic carbocycles. The minimum atomic E-state index is -0.159. The second kappa shape index (κ2) is 9.74. The molecule has 0 bridgehead atoms. The zero-order chi connectivity index (χ0) is 26.0. The molecule has 6 nitrogen and oxygen atoms in total. The molecule has 6 heteroatoms. The molecule has 0 aromatic rings. The number of aliphatic hydroxyl groups excluding tert-OH is 1. The van der Waals surface area contributed by atoms with Gasteiger partial charge in [-0.15, -0.1) is 0 Å². The number of hydrogen-bond donors (Lipinski definition) is 1. The van der Waals surface area contributed by atoms with Gasteiger partial charge in [-0.3, -0.25) is 9.69 Å². The largest absolute Gasteiger partial charge is 0.461 e. The van der Waals surface area contributed by atoms with Crippen LogP contribution in [0.2, 0.25) is 0 Å². The SMILES string of the molecule is CC(=O)O[C@H]1C[C@@H]2CC[C@@H]3[C@H](CC[C@]4(C)[C@@H](O)[C@@H]([N+]5(C)CCCCC5)C[C@@H]34)[C@@]2(C)C[C@@H]1N1CCOCC1. The Bertz CT molecular complexity index is 854. The first-order valence-electron chi connectivity index (χ1n) is 15.7. The van der Waals surface area contributed by atoms with Crippen LogP contribution in [0.15, 0.2) is 0 Å². The molecule has 0 unspecified atom stereocenters. The average Bonchev–Trinajstić information content (AvgIpc) is 3.16. The first-order valence-corrected chi connectivity index (χ1v) is 15.7. The van der Waals surface area contributed by atoms with Gasteiger partial charge in [-0.1, -0.05) is 13.8 Å². The molecule has 6 aliphatic rings. The van der Waals surface area contributed by atoms with Gasteiger partial charge >= 0.3 is 5.97 Å². The quantitative estimate of drug-likeness (QED) is 0.448.